The smallest absolute Gasteiger partial charge is 0.318 e. The molecule has 1 unspecified atom stereocenters. The molecule has 2 aromatic carbocycles. The first kappa shape index (κ1) is 17.2. The van der Waals surface area contributed by atoms with Crippen LogP contribution in [0.5, 0.6) is 0 Å². The van der Waals surface area contributed by atoms with Gasteiger partial charge in [-0.1, -0.05) is 60.7 Å². The van der Waals surface area contributed by atoms with E-state index in [1.54, 1.807) is 0 Å². The van der Waals surface area contributed by atoms with Crippen molar-refractivity contribution in [3.63, 3.8) is 0 Å². The van der Waals surface area contributed by atoms with Gasteiger partial charge in [-0.2, -0.15) is 0 Å². The molecule has 122 valence electrons. The molecule has 0 radical (unpaired) electrons. The monoisotopic (exact) mass is 312 g/mol. The molecular formula is C20H26NO2+. The van der Waals surface area contributed by atoms with Gasteiger partial charge in [0.2, 0.25) is 0 Å². The molecule has 3 heteroatoms. The van der Waals surface area contributed by atoms with Crippen molar-refractivity contribution in [1.82, 2.24) is 0 Å². The highest BCUT2D eigenvalue weighted by molar-refractivity contribution is 5.82. The van der Waals surface area contributed by atoms with Gasteiger partial charge >= 0.3 is 5.97 Å². The fourth-order valence-corrected chi connectivity index (χ4v) is 2.83. The van der Waals surface area contributed by atoms with Crippen LogP contribution in [0.25, 0.3) is 0 Å². The van der Waals surface area contributed by atoms with E-state index in [0.29, 0.717) is 0 Å². The van der Waals surface area contributed by atoms with Crippen molar-refractivity contribution in [3.8, 4) is 0 Å². The molecular weight excluding hydrogens is 286 g/mol. The van der Waals surface area contributed by atoms with Gasteiger partial charge in [-0.25, -0.2) is 0 Å². The summed E-state index contributed by atoms with van der Waals surface area (Å²) in [5, 5.41) is 0. The van der Waals surface area contributed by atoms with Crippen LogP contribution in [0.15, 0.2) is 60.7 Å². The van der Waals surface area contributed by atoms with Crippen LogP contribution in [0.1, 0.15) is 24.0 Å². The van der Waals surface area contributed by atoms with Gasteiger partial charge in [-0.15, -0.1) is 0 Å². The van der Waals surface area contributed by atoms with Crippen molar-refractivity contribution in [2.24, 2.45) is 0 Å². The first-order valence-electron chi connectivity index (χ1n) is 7.97. The van der Waals surface area contributed by atoms with Crippen LogP contribution in [-0.2, 0) is 9.53 Å². The van der Waals surface area contributed by atoms with Gasteiger partial charge in [-0.05, 0) is 18.1 Å². The highest BCUT2D eigenvalue weighted by atomic mass is 16.5. The third-order valence-electron chi connectivity index (χ3n) is 3.62. The Morgan fingerprint density at radius 2 is 1.35 bits per heavy atom. The summed E-state index contributed by atoms with van der Waals surface area (Å²) >= 11 is 0. The Labute approximate surface area is 139 Å². The van der Waals surface area contributed by atoms with Gasteiger partial charge in [0.05, 0.1) is 21.1 Å². The molecule has 0 aliphatic heterocycles. The minimum absolute atomic E-state index is 0.127. The lowest BCUT2D eigenvalue weighted by Crippen LogP contribution is -2.42. The molecule has 23 heavy (non-hydrogen) atoms. The van der Waals surface area contributed by atoms with Crippen LogP contribution < -0.4 is 0 Å². The van der Waals surface area contributed by atoms with E-state index in [-0.39, 0.29) is 18.0 Å². The molecule has 0 aromatic heterocycles. The molecule has 0 N–H and O–H groups in total. The van der Waals surface area contributed by atoms with E-state index in [1.165, 1.54) is 0 Å². The summed E-state index contributed by atoms with van der Waals surface area (Å²) < 4.78 is 6.50. The summed E-state index contributed by atoms with van der Waals surface area (Å²) in [6, 6.07) is 19.6. The van der Waals surface area contributed by atoms with Crippen molar-refractivity contribution in [1.29, 1.82) is 0 Å². The lowest BCUT2D eigenvalue weighted by atomic mass is 9.91. The van der Waals surface area contributed by atoms with Gasteiger partial charge in [0.25, 0.3) is 0 Å². The predicted molar refractivity (Wildman–Crippen MR) is 93.2 cm³/mol. The number of benzene rings is 2. The number of carbonyl (C=O) groups is 1. The number of ether oxygens (including phenoxy) is 1. The van der Waals surface area contributed by atoms with Crippen molar-refractivity contribution >= 4 is 5.97 Å². The van der Waals surface area contributed by atoms with E-state index in [4.69, 9.17) is 4.74 Å². The van der Waals surface area contributed by atoms with Crippen LogP contribution in [0.3, 0.4) is 0 Å². The molecule has 0 fully saturated rings. The lowest BCUT2D eigenvalue weighted by molar-refractivity contribution is -0.873. The second kappa shape index (κ2) is 7.42. The summed E-state index contributed by atoms with van der Waals surface area (Å²) in [6.07, 6.45) is -0.127. The molecule has 0 amide bonds. The third kappa shape index (κ3) is 5.22. The van der Waals surface area contributed by atoms with Gasteiger partial charge in [-0.3, -0.25) is 4.79 Å². The second-order valence-electron chi connectivity index (χ2n) is 6.97. The van der Waals surface area contributed by atoms with Crippen molar-refractivity contribution in [2.75, 3.05) is 27.7 Å². The molecule has 2 rings (SSSR count). The van der Waals surface area contributed by atoms with E-state index in [9.17, 15) is 4.79 Å². The Morgan fingerprint density at radius 1 is 0.913 bits per heavy atom. The Balaban J connectivity index is 2.23. The van der Waals surface area contributed by atoms with Crippen LogP contribution >= 0.6 is 0 Å². The van der Waals surface area contributed by atoms with Crippen LogP contribution in [0.4, 0.5) is 0 Å². The quantitative estimate of drug-likeness (QED) is 0.603. The van der Waals surface area contributed by atoms with Crippen LogP contribution in [-0.4, -0.2) is 44.2 Å². The maximum absolute atomic E-state index is 12.8. The molecule has 1 atom stereocenters. The molecule has 3 nitrogen and oxygen atoms in total. The SMILES string of the molecule is CC(C[N+](C)(C)C)OC(=O)C(c1ccccc1)c1ccccc1. The summed E-state index contributed by atoms with van der Waals surface area (Å²) in [6.45, 7) is 2.73. The van der Waals surface area contributed by atoms with E-state index in [2.05, 4.69) is 21.1 Å². The number of hydrogen-bond donors (Lipinski definition) is 0. The average molecular weight is 312 g/mol. The van der Waals surface area contributed by atoms with Crippen molar-refractivity contribution < 1.29 is 14.0 Å². The van der Waals surface area contributed by atoms with E-state index in [1.807, 2.05) is 67.6 Å². The number of hydrogen-bond acceptors (Lipinski definition) is 2. The van der Waals surface area contributed by atoms with Crippen LogP contribution in [0, 0.1) is 0 Å². The summed E-state index contributed by atoms with van der Waals surface area (Å²) in [4.78, 5) is 12.8. The number of quaternary nitrogens is 1. The van der Waals surface area contributed by atoms with Crippen LogP contribution in [0.2, 0.25) is 0 Å². The number of carbonyl (C=O) groups excluding carboxylic acids is 1. The first-order valence-corrected chi connectivity index (χ1v) is 7.97. The number of esters is 1. The largest absolute Gasteiger partial charge is 0.456 e. The molecule has 2 aromatic rings. The minimum Gasteiger partial charge on any atom is -0.456 e. The number of likely N-dealkylation sites (N-methyl/N-ethyl adjacent to an activating group) is 1. The molecule has 0 aliphatic carbocycles. The number of nitrogens with zero attached hydrogens (tertiary/aromatic N) is 1. The molecule has 0 spiro atoms. The maximum atomic E-state index is 12.8. The molecule has 0 heterocycles. The Morgan fingerprint density at radius 3 is 1.74 bits per heavy atom. The fourth-order valence-electron chi connectivity index (χ4n) is 2.83. The van der Waals surface area contributed by atoms with Crippen molar-refractivity contribution in [2.45, 2.75) is 18.9 Å². The van der Waals surface area contributed by atoms with E-state index < -0.39 is 0 Å². The average Bonchev–Trinajstić information content (AvgIpc) is 2.47. The lowest BCUT2D eigenvalue weighted by Gasteiger charge is -2.28. The molecule has 0 bridgehead atoms. The van der Waals surface area contributed by atoms with E-state index >= 15 is 0 Å². The zero-order chi connectivity index (χ0) is 16.9. The van der Waals surface area contributed by atoms with Gasteiger partial charge in [0.15, 0.2) is 0 Å². The second-order valence-corrected chi connectivity index (χ2v) is 6.97. The van der Waals surface area contributed by atoms with Gasteiger partial charge < -0.3 is 9.22 Å². The summed E-state index contributed by atoms with van der Waals surface area (Å²) in [7, 11) is 6.28. The maximum Gasteiger partial charge on any atom is 0.318 e. The predicted octanol–water partition coefficient (Wildman–Crippen LogP) is 3.46. The summed E-state index contributed by atoms with van der Waals surface area (Å²) in [5.41, 5.74) is 1.92. The minimum atomic E-state index is -0.382. The Bertz CT molecular complexity index is 578. The fraction of sp³-hybridized carbons (Fsp3) is 0.350. The molecule has 0 saturated carbocycles. The zero-order valence-corrected chi connectivity index (χ0v) is 14.4. The van der Waals surface area contributed by atoms with E-state index in [0.717, 1.165) is 22.2 Å². The third-order valence-corrected chi connectivity index (χ3v) is 3.62. The molecule has 0 saturated heterocycles. The standard InChI is InChI=1S/C20H26NO2/c1-16(15-21(2,3)4)23-20(22)19(17-11-7-5-8-12-17)18-13-9-6-10-14-18/h5-14,16,19H,15H2,1-4H3/q+1. The summed E-state index contributed by atoms with van der Waals surface area (Å²) in [5.74, 6) is -0.573. The highest BCUT2D eigenvalue weighted by Gasteiger charge is 2.27. The highest BCUT2D eigenvalue weighted by Crippen LogP contribution is 2.26. The van der Waals surface area contributed by atoms with Crippen molar-refractivity contribution in [3.05, 3.63) is 71.8 Å². The Kier molecular flexibility index (Phi) is 5.56. The molecule has 0 aliphatic rings. The topological polar surface area (TPSA) is 26.3 Å². The zero-order valence-electron chi connectivity index (χ0n) is 14.4. The van der Waals surface area contributed by atoms with Gasteiger partial charge in [0.1, 0.15) is 18.6 Å². The number of rotatable bonds is 6. The van der Waals surface area contributed by atoms with Gasteiger partial charge in [0, 0.05) is 0 Å². The first-order chi connectivity index (χ1) is 10.9. The normalized spacial score (nSPS) is 12.9. The Hall–Kier alpha value is -2.13.